The van der Waals surface area contributed by atoms with Crippen molar-refractivity contribution in [3.8, 4) is 0 Å². The monoisotopic (exact) mass is 283 g/mol. The van der Waals surface area contributed by atoms with E-state index in [1.165, 1.54) is 8.97 Å². The number of benzene rings is 1. The SMILES string of the molecule is Clc1ccc2[c]([SnH])ccnc2c1. The third-order valence-corrected chi connectivity index (χ3v) is 3.41. The summed E-state index contributed by atoms with van der Waals surface area (Å²) in [6.07, 6.45) is 1.83. The Balaban J connectivity index is 2.86. The van der Waals surface area contributed by atoms with E-state index in [4.69, 9.17) is 11.6 Å². The molecule has 0 saturated heterocycles. The average Bonchev–Trinajstić information content (AvgIpc) is 2.04. The van der Waals surface area contributed by atoms with E-state index in [-0.39, 0.29) is 0 Å². The molecule has 1 nitrogen and oxygen atoms in total. The minimum atomic E-state index is 0.751. The Morgan fingerprint density at radius 1 is 1.25 bits per heavy atom. The molecule has 2 radical (unpaired) electrons. The molecule has 2 aromatic rings. The molecule has 0 N–H and O–H groups in total. The van der Waals surface area contributed by atoms with Crippen LogP contribution in [-0.4, -0.2) is 27.5 Å². The molecule has 0 aliphatic rings. The second-order valence-electron chi connectivity index (χ2n) is 2.56. The molecule has 0 spiro atoms. The van der Waals surface area contributed by atoms with E-state index in [1.807, 2.05) is 24.4 Å². The zero-order valence-electron chi connectivity index (χ0n) is 6.29. The molecular weight excluding hydrogens is 276 g/mol. The fourth-order valence-electron chi connectivity index (χ4n) is 1.14. The van der Waals surface area contributed by atoms with E-state index < -0.39 is 0 Å². The van der Waals surface area contributed by atoms with Crippen molar-refractivity contribution in [3.63, 3.8) is 0 Å². The van der Waals surface area contributed by atoms with E-state index in [0.717, 1.165) is 33.1 Å². The van der Waals surface area contributed by atoms with Gasteiger partial charge in [-0.3, -0.25) is 0 Å². The van der Waals surface area contributed by atoms with Crippen molar-refractivity contribution in [2.24, 2.45) is 0 Å². The van der Waals surface area contributed by atoms with Crippen LogP contribution in [0.15, 0.2) is 30.5 Å². The Morgan fingerprint density at radius 3 is 2.92 bits per heavy atom. The fraction of sp³-hybridized carbons (Fsp3) is 0. The quantitative estimate of drug-likeness (QED) is 0.666. The molecule has 0 amide bonds. The van der Waals surface area contributed by atoms with Crippen molar-refractivity contribution in [1.82, 2.24) is 4.98 Å². The number of rotatable bonds is 0. The minimum absolute atomic E-state index is 0.751. The summed E-state index contributed by atoms with van der Waals surface area (Å²) in [4.78, 5) is 4.24. The predicted molar refractivity (Wildman–Crippen MR) is 53.5 cm³/mol. The number of hydrogen-bond donors (Lipinski definition) is 0. The summed E-state index contributed by atoms with van der Waals surface area (Å²) < 4.78 is 1.36. The van der Waals surface area contributed by atoms with Gasteiger partial charge in [0, 0.05) is 0 Å². The Bertz CT molecular complexity index is 428. The summed E-state index contributed by atoms with van der Waals surface area (Å²) in [5.74, 6) is 0. The maximum atomic E-state index is 5.84. The molecular formula is C9H6ClNSn. The summed E-state index contributed by atoms with van der Waals surface area (Å²) in [5.41, 5.74) is 0.993. The van der Waals surface area contributed by atoms with Crippen LogP contribution in [0.5, 0.6) is 0 Å². The molecule has 1 heterocycles. The zero-order chi connectivity index (χ0) is 8.55. The van der Waals surface area contributed by atoms with Gasteiger partial charge in [-0.15, -0.1) is 0 Å². The summed E-state index contributed by atoms with van der Waals surface area (Å²) in [6, 6.07) is 7.89. The van der Waals surface area contributed by atoms with Gasteiger partial charge in [-0.25, -0.2) is 0 Å². The first kappa shape index (κ1) is 8.32. The van der Waals surface area contributed by atoms with Crippen LogP contribution in [0.4, 0.5) is 0 Å². The van der Waals surface area contributed by atoms with Gasteiger partial charge >= 0.3 is 89.1 Å². The molecule has 0 aliphatic carbocycles. The van der Waals surface area contributed by atoms with Gasteiger partial charge in [0.15, 0.2) is 0 Å². The summed E-state index contributed by atoms with van der Waals surface area (Å²) in [7, 11) is 0. The third kappa shape index (κ3) is 1.43. The van der Waals surface area contributed by atoms with Crippen LogP contribution >= 0.6 is 11.6 Å². The second-order valence-corrected chi connectivity index (χ2v) is 4.77. The first-order valence-electron chi connectivity index (χ1n) is 3.57. The first-order valence-corrected chi connectivity index (χ1v) is 5.60. The van der Waals surface area contributed by atoms with Gasteiger partial charge in [0.05, 0.1) is 0 Å². The van der Waals surface area contributed by atoms with Gasteiger partial charge in [-0.2, -0.15) is 0 Å². The Kier molecular flexibility index (Phi) is 2.24. The molecule has 0 fully saturated rings. The molecule has 0 bridgehead atoms. The Hall–Kier alpha value is -0.281. The van der Waals surface area contributed by atoms with E-state index in [9.17, 15) is 0 Å². The zero-order valence-corrected chi connectivity index (χ0v) is 10.3. The van der Waals surface area contributed by atoms with Crippen LogP contribution in [0.1, 0.15) is 0 Å². The van der Waals surface area contributed by atoms with Gasteiger partial charge < -0.3 is 0 Å². The van der Waals surface area contributed by atoms with Gasteiger partial charge in [-0.05, 0) is 0 Å². The van der Waals surface area contributed by atoms with Crippen molar-refractivity contribution in [3.05, 3.63) is 35.5 Å². The molecule has 3 heteroatoms. The number of pyridine rings is 1. The number of halogens is 1. The first-order chi connectivity index (χ1) is 5.77. The van der Waals surface area contributed by atoms with Crippen LogP contribution in [0, 0.1) is 0 Å². The summed E-state index contributed by atoms with van der Waals surface area (Å²) in [6.45, 7) is 0. The summed E-state index contributed by atoms with van der Waals surface area (Å²) >= 11 is 6.96. The normalized spacial score (nSPS) is 10.5. The number of hydrogen-bond acceptors (Lipinski definition) is 1. The van der Waals surface area contributed by atoms with Crippen molar-refractivity contribution in [2.75, 3.05) is 0 Å². The fourth-order valence-corrected chi connectivity index (χ4v) is 2.25. The van der Waals surface area contributed by atoms with Crippen LogP contribution < -0.4 is 3.58 Å². The molecule has 58 valence electrons. The van der Waals surface area contributed by atoms with Crippen LogP contribution in [0.3, 0.4) is 0 Å². The Morgan fingerprint density at radius 2 is 2.08 bits per heavy atom. The molecule has 1 aromatic carbocycles. The maximum absolute atomic E-state index is 5.84. The van der Waals surface area contributed by atoms with Gasteiger partial charge in [0.25, 0.3) is 0 Å². The molecule has 0 atom stereocenters. The number of aromatic nitrogens is 1. The summed E-state index contributed by atoms with van der Waals surface area (Å²) in [5, 5.41) is 1.98. The van der Waals surface area contributed by atoms with Crippen molar-refractivity contribution >= 4 is 48.6 Å². The third-order valence-electron chi connectivity index (χ3n) is 1.74. The topological polar surface area (TPSA) is 12.9 Å². The molecule has 0 aliphatic heterocycles. The molecule has 2 rings (SSSR count). The van der Waals surface area contributed by atoms with E-state index in [2.05, 4.69) is 11.1 Å². The standard InChI is InChI=1S/C9H5ClN.Sn.H/c10-8-4-3-7-2-1-5-11-9(7)6-8;;/h1,3-6H;;. The van der Waals surface area contributed by atoms with Crippen molar-refractivity contribution in [1.29, 1.82) is 0 Å². The Labute approximate surface area is 88.8 Å². The van der Waals surface area contributed by atoms with Crippen molar-refractivity contribution in [2.45, 2.75) is 0 Å². The molecule has 0 unspecified atom stereocenters. The van der Waals surface area contributed by atoms with Crippen LogP contribution in [0.2, 0.25) is 5.02 Å². The molecule has 1 aromatic heterocycles. The number of fused-ring (bicyclic) bond motifs is 1. The molecule has 0 saturated carbocycles. The van der Waals surface area contributed by atoms with Crippen LogP contribution in [0.25, 0.3) is 10.9 Å². The van der Waals surface area contributed by atoms with E-state index in [1.54, 1.807) is 0 Å². The number of nitrogens with zero attached hydrogens (tertiary/aromatic N) is 1. The van der Waals surface area contributed by atoms with E-state index in [0.29, 0.717) is 0 Å². The van der Waals surface area contributed by atoms with Crippen LogP contribution in [-0.2, 0) is 0 Å². The average molecular weight is 282 g/mol. The van der Waals surface area contributed by atoms with Crippen molar-refractivity contribution < 1.29 is 0 Å². The predicted octanol–water partition coefficient (Wildman–Crippen LogP) is 1.41. The second kappa shape index (κ2) is 3.22. The van der Waals surface area contributed by atoms with E-state index >= 15 is 0 Å². The van der Waals surface area contributed by atoms with Gasteiger partial charge in [0.2, 0.25) is 0 Å². The van der Waals surface area contributed by atoms with Gasteiger partial charge in [-0.1, -0.05) is 0 Å². The molecule has 12 heavy (non-hydrogen) atoms. The van der Waals surface area contributed by atoms with Gasteiger partial charge in [0.1, 0.15) is 0 Å².